The van der Waals surface area contributed by atoms with Gasteiger partial charge in [-0.25, -0.2) is 0 Å². The third kappa shape index (κ3) is 5.83. The number of halogens is 1. The van der Waals surface area contributed by atoms with Crippen LogP contribution < -0.4 is 16.0 Å². The zero-order chi connectivity index (χ0) is 20.6. The molecule has 3 rings (SSSR count). The first-order valence-electron chi connectivity index (χ1n) is 9.24. The van der Waals surface area contributed by atoms with Crippen molar-refractivity contribution in [1.82, 2.24) is 5.32 Å². The molecule has 3 aromatic carbocycles. The van der Waals surface area contributed by atoms with Gasteiger partial charge in [0.1, 0.15) is 0 Å². The monoisotopic (exact) mass is 407 g/mol. The van der Waals surface area contributed by atoms with Crippen LogP contribution in [0.3, 0.4) is 0 Å². The van der Waals surface area contributed by atoms with Crippen molar-refractivity contribution < 1.29 is 9.59 Å². The van der Waals surface area contributed by atoms with E-state index >= 15 is 0 Å². The summed E-state index contributed by atoms with van der Waals surface area (Å²) in [6, 6.07) is 22.1. The number of para-hydroxylation sites is 2. The molecule has 0 radical (unpaired) electrons. The molecular formula is C23H22ClN3O2. The highest BCUT2D eigenvalue weighted by Gasteiger charge is 2.12. The predicted molar refractivity (Wildman–Crippen MR) is 117 cm³/mol. The largest absolute Gasteiger partial charge is 0.376 e. The molecule has 0 aliphatic rings. The van der Waals surface area contributed by atoms with E-state index in [9.17, 15) is 9.59 Å². The van der Waals surface area contributed by atoms with Gasteiger partial charge >= 0.3 is 0 Å². The Morgan fingerprint density at radius 3 is 2.24 bits per heavy atom. The van der Waals surface area contributed by atoms with E-state index in [1.165, 1.54) is 5.56 Å². The number of benzene rings is 3. The summed E-state index contributed by atoms with van der Waals surface area (Å²) >= 11 is 6.06. The first-order valence-corrected chi connectivity index (χ1v) is 9.62. The Hall–Kier alpha value is -3.31. The minimum Gasteiger partial charge on any atom is -0.376 e. The Kier molecular flexibility index (Phi) is 6.87. The van der Waals surface area contributed by atoms with Gasteiger partial charge in [0.15, 0.2) is 0 Å². The minimum atomic E-state index is -0.257. The molecule has 0 saturated heterocycles. The standard InChI is InChI=1S/C23H22ClN3O2/c1-16-10-12-17(13-11-16)14-26-23(29)18-6-2-4-8-20(18)25-15-22(28)27-21-9-5-3-7-19(21)24/h2-13,25H,14-15H2,1H3,(H,26,29)(H,27,28). The average molecular weight is 408 g/mol. The molecule has 2 amide bonds. The maximum Gasteiger partial charge on any atom is 0.253 e. The lowest BCUT2D eigenvalue weighted by Crippen LogP contribution is -2.26. The second-order valence-corrected chi connectivity index (χ2v) is 7.00. The molecule has 0 bridgehead atoms. The predicted octanol–water partition coefficient (Wildman–Crippen LogP) is 4.63. The lowest BCUT2D eigenvalue weighted by atomic mass is 10.1. The molecule has 0 atom stereocenters. The quantitative estimate of drug-likeness (QED) is 0.534. The lowest BCUT2D eigenvalue weighted by molar-refractivity contribution is -0.114. The fourth-order valence-electron chi connectivity index (χ4n) is 2.75. The molecule has 3 aromatic rings. The van der Waals surface area contributed by atoms with E-state index in [0.717, 1.165) is 5.56 Å². The van der Waals surface area contributed by atoms with Gasteiger partial charge in [0.2, 0.25) is 5.91 Å². The van der Waals surface area contributed by atoms with Crippen LogP contribution in [0.5, 0.6) is 0 Å². The van der Waals surface area contributed by atoms with Gasteiger partial charge < -0.3 is 16.0 Å². The zero-order valence-corrected chi connectivity index (χ0v) is 16.8. The van der Waals surface area contributed by atoms with E-state index in [4.69, 9.17) is 11.6 Å². The van der Waals surface area contributed by atoms with Crippen molar-refractivity contribution in [3.8, 4) is 0 Å². The second kappa shape index (κ2) is 9.75. The number of amides is 2. The van der Waals surface area contributed by atoms with Crippen LogP contribution in [-0.4, -0.2) is 18.4 Å². The van der Waals surface area contributed by atoms with Gasteiger partial charge in [-0.05, 0) is 36.8 Å². The number of carbonyl (C=O) groups excluding carboxylic acids is 2. The van der Waals surface area contributed by atoms with Crippen LogP contribution in [0, 0.1) is 6.92 Å². The number of hydrogen-bond acceptors (Lipinski definition) is 3. The number of rotatable bonds is 7. The summed E-state index contributed by atoms with van der Waals surface area (Å²) in [6.45, 7) is 2.46. The highest BCUT2D eigenvalue weighted by Crippen LogP contribution is 2.20. The summed E-state index contributed by atoms with van der Waals surface area (Å²) in [6.07, 6.45) is 0. The molecule has 5 nitrogen and oxygen atoms in total. The average Bonchev–Trinajstić information content (AvgIpc) is 2.73. The summed E-state index contributed by atoms with van der Waals surface area (Å²) in [5.41, 5.74) is 3.80. The van der Waals surface area contributed by atoms with Crippen molar-refractivity contribution in [1.29, 1.82) is 0 Å². The Morgan fingerprint density at radius 2 is 1.52 bits per heavy atom. The van der Waals surface area contributed by atoms with E-state index < -0.39 is 0 Å². The maximum atomic E-state index is 12.6. The molecule has 0 aliphatic carbocycles. The zero-order valence-electron chi connectivity index (χ0n) is 16.0. The molecule has 0 aromatic heterocycles. The third-order valence-electron chi connectivity index (χ3n) is 4.33. The molecule has 0 heterocycles. The molecule has 3 N–H and O–H groups in total. The van der Waals surface area contributed by atoms with Crippen LogP contribution in [0.2, 0.25) is 5.02 Å². The number of carbonyl (C=O) groups is 2. The summed E-state index contributed by atoms with van der Waals surface area (Å²) in [5.74, 6) is -0.465. The molecule has 6 heteroatoms. The smallest absolute Gasteiger partial charge is 0.253 e. The molecular weight excluding hydrogens is 386 g/mol. The Labute approximate surface area is 175 Å². The highest BCUT2D eigenvalue weighted by atomic mass is 35.5. The van der Waals surface area contributed by atoms with Crippen LogP contribution in [0.25, 0.3) is 0 Å². The molecule has 0 saturated carbocycles. The molecule has 0 fully saturated rings. The van der Waals surface area contributed by atoms with Gasteiger partial charge in [-0.1, -0.05) is 65.7 Å². The number of hydrogen-bond donors (Lipinski definition) is 3. The van der Waals surface area contributed by atoms with E-state index in [0.29, 0.717) is 28.5 Å². The summed E-state index contributed by atoms with van der Waals surface area (Å²) < 4.78 is 0. The van der Waals surface area contributed by atoms with E-state index in [2.05, 4.69) is 16.0 Å². The first-order chi connectivity index (χ1) is 14.0. The third-order valence-corrected chi connectivity index (χ3v) is 4.66. The van der Waals surface area contributed by atoms with Crippen LogP contribution in [0.1, 0.15) is 21.5 Å². The van der Waals surface area contributed by atoms with E-state index in [1.54, 1.807) is 42.5 Å². The maximum absolute atomic E-state index is 12.6. The minimum absolute atomic E-state index is 0.00742. The number of anilines is 2. The van der Waals surface area contributed by atoms with Crippen molar-refractivity contribution in [2.45, 2.75) is 13.5 Å². The summed E-state index contributed by atoms with van der Waals surface area (Å²) in [5, 5.41) is 9.15. The Bertz CT molecular complexity index is 1000. The molecule has 0 unspecified atom stereocenters. The summed E-state index contributed by atoms with van der Waals surface area (Å²) in [7, 11) is 0. The van der Waals surface area contributed by atoms with Gasteiger partial charge in [0, 0.05) is 12.2 Å². The van der Waals surface area contributed by atoms with Crippen LogP contribution in [0.15, 0.2) is 72.8 Å². The van der Waals surface area contributed by atoms with Crippen LogP contribution in [-0.2, 0) is 11.3 Å². The van der Waals surface area contributed by atoms with Gasteiger partial charge in [-0.15, -0.1) is 0 Å². The number of aryl methyl sites for hydroxylation is 1. The van der Waals surface area contributed by atoms with Crippen LogP contribution in [0.4, 0.5) is 11.4 Å². The summed E-state index contributed by atoms with van der Waals surface area (Å²) in [4.78, 5) is 24.8. The van der Waals surface area contributed by atoms with Crippen molar-refractivity contribution in [2.75, 3.05) is 17.2 Å². The SMILES string of the molecule is Cc1ccc(CNC(=O)c2ccccc2NCC(=O)Nc2ccccc2Cl)cc1. The topological polar surface area (TPSA) is 70.2 Å². The van der Waals surface area contributed by atoms with Gasteiger partial charge in [0.05, 0.1) is 22.8 Å². The van der Waals surface area contributed by atoms with Crippen molar-refractivity contribution in [3.63, 3.8) is 0 Å². The normalized spacial score (nSPS) is 10.3. The van der Waals surface area contributed by atoms with Crippen molar-refractivity contribution in [2.24, 2.45) is 0 Å². The fourth-order valence-corrected chi connectivity index (χ4v) is 2.93. The van der Waals surface area contributed by atoms with Gasteiger partial charge in [-0.3, -0.25) is 9.59 Å². The molecule has 0 spiro atoms. The Balaban J connectivity index is 1.59. The van der Waals surface area contributed by atoms with Crippen molar-refractivity contribution in [3.05, 3.63) is 94.5 Å². The second-order valence-electron chi connectivity index (χ2n) is 6.60. The molecule has 29 heavy (non-hydrogen) atoms. The van der Waals surface area contributed by atoms with Gasteiger partial charge in [-0.2, -0.15) is 0 Å². The van der Waals surface area contributed by atoms with Crippen LogP contribution >= 0.6 is 11.6 Å². The highest BCUT2D eigenvalue weighted by molar-refractivity contribution is 6.33. The molecule has 148 valence electrons. The number of nitrogens with one attached hydrogen (secondary N) is 3. The van der Waals surface area contributed by atoms with Crippen molar-refractivity contribution >= 4 is 34.8 Å². The molecule has 0 aliphatic heterocycles. The lowest BCUT2D eigenvalue weighted by Gasteiger charge is -2.13. The van der Waals surface area contributed by atoms with Gasteiger partial charge in [0.25, 0.3) is 5.91 Å². The fraction of sp³-hybridized carbons (Fsp3) is 0.130. The van der Waals surface area contributed by atoms with E-state index in [1.807, 2.05) is 37.3 Å². The first kappa shape index (κ1) is 20.4. The van der Waals surface area contributed by atoms with E-state index in [-0.39, 0.29) is 18.4 Å². The Morgan fingerprint density at radius 1 is 0.862 bits per heavy atom.